The highest BCUT2D eigenvalue weighted by Gasteiger charge is 2.02. The van der Waals surface area contributed by atoms with Gasteiger partial charge in [-0.25, -0.2) is 0 Å². The highest BCUT2D eigenvalue weighted by Crippen LogP contribution is 2.08. The molecule has 12 heavy (non-hydrogen) atoms. The third-order valence-electron chi connectivity index (χ3n) is 1.51. The Balaban J connectivity index is 2.75. The molecule has 0 aliphatic carbocycles. The van der Waals surface area contributed by atoms with Crippen LogP contribution in [0.5, 0.6) is 0 Å². The van der Waals surface area contributed by atoms with Crippen LogP contribution in [0.3, 0.4) is 0 Å². The Bertz CT molecular complexity index is 268. The minimum absolute atomic E-state index is 0.155. The van der Waals surface area contributed by atoms with Crippen LogP contribution in [0.4, 0.5) is 5.69 Å². The minimum atomic E-state index is 0.155. The first-order chi connectivity index (χ1) is 5.74. The van der Waals surface area contributed by atoms with Crippen molar-refractivity contribution in [1.29, 1.82) is 0 Å². The number of benzene rings is 1. The molecular formula is C9H11NOS. The quantitative estimate of drug-likeness (QED) is 0.571. The van der Waals surface area contributed by atoms with Gasteiger partial charge in [-0.15, -0.1) is 0 Å². The van der Waals surface area contributed by atoms with Gasteiger partial charge in [0.25, 0.3) is 0 Å². The lowest BCUT2D eigenvalue weighted by atomic mass is 10.1. The van der Waals surface area contributed by atoms with Crippen LogP contribution in [0.15, 0.2) is 24.3 Å². The van der Waals surface area contributed by atoms with Crippen LogP contribution in [0.25, 0.3) is 0 Å². The molecule has 0 saturated carbocycles. The zero-order valence-corrected chi connectivity index (χ0v) is 7.73. The Kier molecular flexibility index (Phi) is 3.17. The van der Waals surface area contributed by atoms with Gasteiger partial charge in [0, 0.05) is 11.3 Å². The molecule has 64 valence electrons. The number of hydrogen-bond acceptors (Lipinski definition) is 3. The van der Waals surface area contributed by atoms with E-state index in [0.717, 1.165) is 5.56 Å². The van der Waals surface area contributed by atoms with Gasteiger partial charge in [0.2, 0.25) is 0 Å². The molecule has 2 nitrogen and oxygen atoms in total. The van der Waals surface area contributed by atoms with Crippen molar-refractivity contribution in [2.24, 2.45) is 0 Å². The van der Waals surface area contributed by atoms with Gasteiger partial charge in [0.05, 0.1) is 5.75 Å². The van der Waals surface area contributed by atoms with Crippen LogP contribution in [-0.4, -0.2) is 17.8 Å². The number of rotatable bonds is 3. The fourth-order valence-corrected chi connectivity index (χ4v) is 1.31. The van der Waals surface area contributed by atoms with Crippen molar-refractivity contribution in [2.45, 2.75) is 0 Å². The second kappa shape index (κ2) is 4.16. The average molecular weight is 181 g/mol. The molecule has 1 aromatic rings. The van der Waals surface area contributed by atoms with Crippen molar-refractivity contribution in [3.63, 3.8) is 0 Å². The molecule has 0 radical (unpaired) electrons. The molecule has 0 fully saturated rings. The molecule has 0 heterocycles. The van der Waals surface area contributed by atoms with Crippen molar-refractivity contribution >= 4 is 23.2 Å². The number of nitrogen functional groups attached to an aromatic ring is 1. The Morgan fingerprint density at radius 3 is 2.50 bits per heavy atom. The monoisotopic (exact) mass is 181 g/mol. The molecule has 0 atom stereocenters. The first-order valence-corrected chi connectivity index (χ1v) is 5.01. The van der Waals surface area contributed by atoms with Gasteiger partial charge in [0.1, 0.15) is 0 Å². The summed E-state index contributed by atoms with van der Waals surface area (Å²) >= 11 is 1.53. The highest BCUT2D eigenvalue weighted by molar-refractivity contribution is 7.99. The number of thioether (sulfide) groups is 1. The van der Waals surface area contributed by atoms with Gasteiger partial charge in [-0.05, 0) is 30.5 Å². The number of Topliss-reactive ketones (excluding diaryl/α,β-unsaturated/α-hetero) is 1. The molecular weight excluding hydrogens is 170 g/mol. The Morgan fingerprint density at radius 1 is 1.42 bits per heavy atom. The molecule has 0 aliphatic rings. The predicted molar refractivity (Wildman–Crippen MR) is 53.6 cm³/mol. The van der Waals surface area contributed by atoms with E-state index in [1.807, 2.05) is 6.26 Å². The summed E-state index contributed by atoms with van der Waals surface area (Å²) < 4.78 is 0. The van der Waals surface area contributed by atoms with Crippen molar-refractivity contribution in [3.8, 4) is 0 Å². The third kappa shape index (κ3) is 2.27. The van der Waals surface area contributed by atoms with Crippen LogP contribution in [-0.2, 0) is 0 Å². The summed E-state index contributed by atoms with van der Waals surface area (Å²) in [5.41, 5.74) is 6.91. The number of hydrogen-bond donors (Lipinski definition) is 1. The van der Waals surface area contributed by atoms with Crippen LogP contribution in [0.1, 0.15) is 10.4 Å². The second-order valence-electron chi connectivity index (χ2n) is 2.48. The molecule has 3 heteroatoms. The highest BCUT2D eigenvalue weighted by atomic mass is 32.2. The number of nitrogens with two attached hydrogens (primary N) is 1. The Hall–Kier alpha value is -0.960. The SMILES string of the molecule is CSCC(=O)c1ccc(N)cc1. The van der Waals surface area contributed by atoms with Crippen LogP contribution in [0, 0.1) is 0 Å². The molecule has 0 amide bonds. The lowest BCUT2D eigenvalue weighted by molar-refractivity contribution is 0.102. The predicted octanol–water partition coefficient (Wildman–Crippen LogP) is 1.81. The van der Waals surface area contributed by atoms with E-state index in [1.54, 1.807) is 24.3 Å². The van der Waals surface area contributed by atoms with Gasteiger partial charge in [-0.3, -0.25) is 4.79 Å². The average Bonchev–Trinajstić information content (AvgIpc) is 2.06. The van der Waals surface area contributed by atoms with Crippen molar-refractivity contribution < 1.29 is 4.79 Å². The topological polar surface area (TPSA) is 43.1 Å². The number of anilines is 1. The zero-order valence-electron chi connectivity index (χ0n) is 6.91. The lowest BCUT2D eigenvalue weighted by Crippen LogP contribution is -2.01. The zero-order chi connectivity index (χ0) is 8.97. The fraction of sp³-hybridized carbons (Fsp3) is 0.222. The maximum Gasteiger partial charge on any atom is 0.172 e. The van der Waals surface area contributed by atoms with E-state index >= 15 is 0 Å². The van der Waals surface area contributed by atoms with Gasteiger partial charge in [-0.1, -0.05) is 0 Å². The maximum atomic E-state index is 11.3. The van der Waals surface area contributed by atoms with E-state index < -0.39 is 0 Å². The van der Waals surface area contributed by atoms with Gasteiger partial charge in [-0.2, -0.15) is 11.8 Å². The number of carbonyl (C=O) groups is 1. The van der Waals surface area contributed by atoms with Crippen molar-refractivity contribution in [3.05, 3.63) is 29.8 Å². The van der Waals surface area contributed by atoms with Crippen LogP contribution in [0.2, 0.25) is 0 Å². The minimum Gasteiger partial charge on any atom is -0.399 e. The van der Waals surface area contributed by atoms with E-state index in [4.69, 9.17) is 5.73 Å². The van der Waals surface area contributed by atoms with E-state index in [2.05, 4.69) is 0 Å². The summed E-state index contributed by atoms with van der Waals surface area (Å²) in [5.74, 6) is 0.687. The molecule has 0 unspecified atom stereocenters. The summed E-state index contributed by atoms with van der Waals surface area (Å²) in [4.78, 5) is 11.3. The van der Waals surface area contributed by atoms with E-state index in [-0.39, 0.29) is 5.78 Å². The van der Waals surface area contributed by atoms with Crippen LogP contribution >= 0.6 is 11.8 Å². The lowest BCUT2D eigenvalue weighted by Gasteiger charge is -1.98. The van der Waals surface area contributed by atoms with Gasteiger partial charge < -0.3 is 5.73 Å². The summed E-state index contributed by atoms with van der Waals surface area (Å²) in [5, 5.41) is 0. The molecule has 2 N–H and O–H groups in total. The van der Waals surface area contributed by atoms with Crippen molar-refractivity contribution in [2.75, 3.05) is 17.7 Å². The van der Waals surface area contributed by atoms with Gasteiger partial charge in [0.15, 0.2) is 5.78 Å². The molecule has 0 saturated heterocycles. The third-order valence-corrected chi connectivity index (χ3v) is 2.06. The Morgan fingerprint density at radius 2 is 2.00 bits per heavy atom. The molecule has 0 aliphatic heterocycles. The fourth-order valence-electron chi connectivity index (χ4n) is 0.883. The molecule has 0 bridgehead atoms. The van der Waals surface area contributed by atoms with Gasteiger partial charge >= 0.3 is 0 Å². The largest absolute Gasteiger partial charge is 0.399 e. The summed E-state index contributed by atoms with van der Waals surface area (Å²) in [7, 11) is 0. The van der Waals surface area contributed by atoms with Crippen LogP contribution < -0.4 is 5.73 Å². The smallest absolute Gasteiger partial charge is 0.172 e. The van der Waals surface area contributed by atoms with E-state index in [1.165, 1.54) is 11.8 Å². The summed E-state index contributed by atoms with van der Waals surface area (Å²) in [6.07, 6.45) is 1.91. The molecule has 0 aromatic heterocycles. The summed E-state index contributed by atoms with van der Waals surface area (Å²) in [6, 6.07) is 7.00. The van der Waals surface area contributed by atoms with E-state index in [0.29, 0.717) is 11.4 Å². The van der Waals surface area contributed by atoms with Crippen molar-refractivity contribution in [1.82, 2.24) is 0 Å². The molecule has 1 rings (SSSR count). The number of ketones is 1. The second-order valence-corrected chi connectivity index (χ2v) is 3.34. The normalized spacial score (nSPS) is 9.75. The standard InChI is InChI=1S/C9H11NOS/c1-12-6-9(11)7-2-4-8(10)5-3-7/h2-5H,6,10H2,1H3. The summed E-state index contributed by atoms with van der Waals surface area (Å²) in [6.45, 7) is 0. The maximum absolute atomic E-state index is 11.3. The van der Waals surface area contributed by atoms with E-state index in [9.17, 15) is 4.79 Å². The molecule has 1 aromatic carbocycles. The Labute approximate surface area is 76.2 Å². The molecule has 0 spiro atoms. The first kappa shape index (κ1) is 9.13. The first-order valence-electron chi connectivity index (χ1n) is 3.61. The number of carbonyl (C=O) groups excluding carboxylic acids is 1.